The molecule has 0 radical (unpaired) electrons. The number of Topliss-reactive ketones (excluding diaryl/α,β-unsaturated/α-hetero) is 1. The van der Waals surface area contributed by atoms with Crippen LogP contribution in [-0.4, -0.2) is 88.6 Å². The average molecular weight is 561 g/mol. The van der Waals surface area contributed by atoms with E-state index >= 15 is 0 Å². The molecule has 0 bridgehead atoms. The zero-order valence-electron chi connectivity index (χ0n) is 23.8. The SMILES string of the molecule is C=CCOc1ccc(C2/C(=C(\O)c3nc4c(C)cccn4c3C)C(=O)C(=O)N2CCN2CCOCC2)cc1OCC. The molecule has 3 aromatic rings. The van der Waals surface area contributed by atoms with Gasteiger partial charge in [0.15, 0.2) is 17.3 Å². The number of pyridine rings is 1. The number of aliphatic hydroxyl groups is 1. The number of hydrogen-bond donors (Lipinski definition) is 1. The molecule has 2 fully saturated rings. The van der Waals surface area contributed by atoms with Gasteiger partial charge >= 0.3 is 0 Å². The van der Waals surface area contributed by atoms with E-state index in [4.69, 9.17) is 14.2 Å². The van der Waals surface area contributed by atoms with Gasteiger partial charge in [-0.3, -0.25) is 14.5 Å². The number of aromatic nitrogens is 2. The van der Waals surface area contributed by atoms with E-state index in [1.165, 1.54) is 4.90 Å². The van der Waals surface area contributed by atoms with Crippen molar-refractivity contribution in [2.24, 2.45) is 0 Å². The maximum atomic E-state index is 13.6. The second kappa shape index (κ2) is 12.2. The summed E-state index contributed by atoms with van der Waals surface area (Å²) in [5, 5.41) is 11.7. The second-order valence-corrected chi connectivity index (χ2v) is 10.1. The third-order valence-electron chi connectivity index (χ3n) is 7.55. The molecule has 1 aromatic carbocycles. The molecular weight excluding hydrogens is 524 g/mol. The standard InChI is InChI=1S/C31H36N4O6/c1-5-16-41-23-10-9-22(19-24(23)40-6-2)27-25(28(36)26-21(4)34-11-7-8-20(3)30(34)32-26)29(37)31(38)35(27)13-12-33-14-17-39-18-15-33/h5,7-11,19,27,36H,1,6,12-18H2,2-4H3/b28-25+. The number of morpholine rings is 1. The zero-order chi connectivity index (χ0) is 29.1. The van der Waals surface area contributed by atoms with Crippen LogP contribution >= 0.6 is 0 Å². The van der Waals surface area contributed by atoms with Crippen LogP contribution in [0.3, 0.4) is 0 Å². The molecule has 0 saturated carbocycles. The third kappa shape index (κ3) is 5.45. The third-order valence-corrected chi connectivity index (χ3v) is 7.55. The van der Waals surface area contributed by atoms with Crippen LogP contribution in [0.5, 0.6) is 11.5 Å². The first kappa shape index (κ1) is 28.4. The highest BCUT2D eigenvalue weighted by Crippen LogP contribution is 2.42. The Kier molecular flexibility index (Phi) is 8.41. The minimum absolute atomic E-state index is 0.00310. The van der Waals surface area contributed by atoms with Crippen molar-refractivity contribution < 1.29 is 28.9 Å². The number of carbonyl (C=O) groups is 2. The summed E-state index contributed by atoms with van der Waals surface area (Å²) < 4.78 is 19.0. The number of benzene rings is 1. The predicted molar refractivity (Wildman–Crippen MR) is 154 cm³/mol. The van der Waals surface area contributed by atoms with Gasteiger partial charge in [0.2, 0.25) is 0 Å². The van der Waals surface area contributed by atoms with Gasteiger partial charge in [-0.05, 0) is 50.1 Å². The number of amides is 1. The Balaban J connectivity index is 1.63. The Morgan fingerprint density at radius 3 is 2.63 bits per heavy atom. The minimum Gasteiger partial charge on any atom is -0.505 e. The molecule has 2 aliphatic rings. The number of imidazole rings is 1. The predicted octanol–water partition coefficient (Wildman–Crippen LogP) is 3.67. The van der Waals surface area contributed by atoms with Gasteiger partial charge in [-0.1, -0.05) is 24.8 Å². The topological polar surface area (TPSA) is 106 Å². The van der Waals surface area contributed by atoms with Crippen LogP contribution < -0.4 is 9.47 Å². The molecule has 1 atom stereocenters. The number of carbonyl (C=O) groups excluding carboxylic acids is 2. The lowest BCUT2D eigenvalue weighted by molar-refractivity contribution is -0.140. The number of fused-ring (bicyclic) bond motifs is 1. The highest BCUT2D eigenvalue weighted by molar-refractivity contribution is 6.46. The molecule has 4 heterocycles. The van der Waals surface area contributed by atoms with Gasteiger partial charge in [0.1, 0.15) is 17.9 Å². The number of hydrogen-bond acceptors (Lipinski definition) is 8. The fraction of sp³-hybridized carbons (Fsp3) is 0.387. The number of likely N-dealkylation sites (tertiary alicyclic amines) is 1. The van der Waals surface area contributed by atoms with Crippen molar-refractivity contribution >= 4 is 23.1 Å². The Morgan fingerprint density at radius 1 is 1.15 bits per heavy atom. The van der Waals surface area contributed by atoms with Crippen LogP contribution in [0, 0.1) is 13.8 Å². The molecule has 2 aliphatic heterocycles. The number of aryl methyl sites for hydroxylation is 2. The molecule has 0 spiro atoms. The lowest BCUT2D eigenvalue weighted by Crippen LogP contribution is -2.42. The largest absolute Gasteiger partial charge is 0.505 e. The highest BCUT2D eigenvalue weighted by Gasteiger charge is 2.46. The monoisotopic (exact) mass is 560 g/mol. The van der Waals surface area contributed by atoms with Crippen molar-refractivity contribution in [1.29, 1.82) is 0 Å². The summed E-state index contributed by atoms with van der Waals surface area (Å²) in [5.74, 6) is -0.703. The molecule has 41 heavy (non-hydrogen) atoms. The lowest BCUT2D eigenvalue weighted by Gasteiger charge is -2.31. The summed E-state index contributed by atoms with van der Waals surface area (Å²) >= 11 is 0. The molecule has 1 unspecified atom stereocenters. The minimum atomic E-state index is -0.839. The van der Waals surface area contributed by atoms with Crippen LogP contribution in [0.4, 0.5) is 0 Å². The first-order chi connectivity index (χ1) is 19.8. The number of nitrogens with zero attached hydrogens (tertiary/aromatic N) is 4. The molecule has 2 saturated heterocycles. The zero-order valence-corrected chi connectivity index (χ0v) is 23.8. The molecule has 2 aromatic heterocycles. The van der Waals surface area contributed by atoms with E-state index in [0.717, 1.165) is 18.7 Å². The van der Waals surface area contributed by atoms with Gasteiger partial charge < -0.3 is 28.6 Å². The van der Waals surface area contributed by atoms with E-state index in [2.05, 4.69) is 16.5 Å². The van der Waals surface area contributed by atoms with Crippen LogP contribution in [-0.2, 0) is 14.3 Å². The van der Waals surface area contributed by atoms with Crippen molar-refractivity contribution in [2.75, 3.05) is 52.6 Å². The molecule has 10 nitrogen and oxygen atoms in total. The van der Waals surface area contributed by atoms with E-state index in [0.29, 0.717) is 67.9 Å². The second-order valence-electron chi connectivity index (χ2n) is 10.1. The van der Waals surface area contributed by atoms with Gasteiger partial charge in [0.25, 0.3) is 11.7 Å². The first-order valence-electron chi connectivity index (χ1n) is 13.9. The molecular formula is C31H36N4O6. The Bertz CT molecular complexity index is 1500. The Labute approximate surface area is 239 Å². The van der Waals surface area contributed by atoms with E-state index in [-0.39, 0.29) is 17.0 Å². The van der Waals surface area contributed by atoms with Crippen molar-refractivity contribution in [1.82, 2.24) is 19.2 Å². The van der Waals surface area contributed by atoms with Gasteiger partial charge in [-0.2, -0.15) is 0 Å². The van der Waals surface area contributed by atoms with E-state index in [1.807, 2.05) is 43.5 Å². The smallest absolute Gasteiger partial charge is 0.295 e. The van der Waals surface area contributed by atoms with Gasteiger partial charge in [0.05, 0.1) is 37.1 Å². The van der Waals surface area contributed by atoms with Crippen molar-refractivity contribution in [3.63, 3.8) is 0 Å². The van der Waals surface area contributed by atoms with Gasteiger partial charge in [0, 0.05) is 32.4 Å². The average Bonchev–Trinajstić information content (AvgIpc) is 3.45. The van der Waals surface area contributed by atoms with Crippen molar-refractivity contribution in [2.45, 2.75) is 26.8 Å². The molecule has 0 aliphatic carbocycles. The molecule has 1 amide bonds. The highest BCUT2D eigenvalue weighted by atomic mass is 16.5. The summed E-state index contributed by atoms with van der Waals surface area (Å²) in [6, 6.07) is 8.32. The van der Waals surface area contributed by atoms with Crippen LogP contribution in [0.25, 0.3) is 11.4 Å². The Hall–Kier alpha value is -4.15. The van der Waals surface area contributed by atoms with Crippen LogP contribution in [0.2, 0.25) is 0 Å². The summed E-state index contributed by atoms with van der Waals surface area (Å²) in [7, 11) is 0. The van der Waals surface area contributed by atoms with Crippen LogP contribution in [0.15, 0.2) is 54.8 Å². The summed E-state index contributed by atoms with van der Waals surface area (Å²) in [6.45, 7) is 13.6. The van der Waals surface area contributed by atoms with E-state index < -0.39 is 17.7 Å². The maximum absolute atomic E-state index is 13.6. The Morgan fingerprint density at radius 2 is 1.93 bits per heavy atom. The van der Waals surface area contributed by atoms with Crippen molar-refractivity contribution in [3.05, 3.63) is 77.3 Å². The van der Waals surface area contributed by atoms with E-state index in [9.17, 15) is 14.7 Å². The fourth-order valence-corrected chi connectivity index (χ4v) is 5.44. The first-order valence-corrected chi connectivity index (χ1v) is 13.9. The normalized spacial score (nSPS) is 19.2. The molecule has 5 rings (SSSR count). The number of ketones is 1. The quantitative estimate of drug-likeness (QED) is 0.173. The summed E-state index contributed by atoms with van der Waals surface area (Å²) in [5.41, 5.74) is 3.16. The van der Waals surface area contributed by atoms with Gasteiger partial charge in [-0.15, -0.1) is 0 Å². The number of rotatable bonds is 10. The number of aliphatic hydroxyl groups excluding tert-OH is 1. The lowest BCUT2D eigenvalue weighted by atomic mass is 9.96. The fourth-order valence-electron chi connectivity index (χ4n) is 5.44. The summed E-state index contributed by atoms with van der Waals surface area (Å²) in [6.07, 6.45) is 3.50. The number of ether oxygens (including phenoxy) is 3. The van der Waals surface area contributed by atoms with Crippen molar-refractivity contribution in [3.8, 4) is 11.5 Å². The van der Waals surface area contributed by atoms with E-state index in [1.54, 1.807) is 24.3 Å². The molecule has 216 valence electrons. The van der Waals surface area contributed by atoms with Gasteiger partial charge in [-0.25, -0.2) is 4.98 Å². The maximum Gasteiger partial charge on any atom is 0.295 e. The van der Waals surface area contributed by atoms with Crippen LogP contribution in [0.1, 0.15) is 35.5 Å². The molecule has 1 N–H and O–H groups in total. The summed E-state index contributed by atoms with van der Waals surface area (Å²) in [4.78, 5) is 35.6. The molecule has 10 heteroatoms.